The van der Waals surface area contributed by atoms with Gasteiger partial charge in [0.15, 0.2) is 0 Å². The van der Waals surface area contributed by atoms with Crippen LogP contribution >= 0.6 is 0 Å². The Hall–Kier alpha value is -0.670. The lowest BCUT2D eigenvalue weighted by molar-refractivity contribution is -0.110. The SMILES string of the molecule is O=CC[C@H]1OC[C@H]2[C@@H]1[C@@H]1C=C[C@H]2O1. The van der Waals surface area contributed by atoms with Crippen LogP contribution in [-0.4, -0.2) is 31.2 Å². The molecule has 0 spiro atoms. The smallest absolute Gasteiger partial charge is 0.122 e. The summed E-state index contributed by atoms with van der Waals surface area (Å²) in [4.78, 5) is 10.4. The molecule has 0 saturated carbocycles. The first-order valence-corrected chi connectivity index (χ1v) is 4.79. The second-order valence-electron chi connectivity index (χ2n) is 3.97. The summed E-state index contributed by atoms with van der Waals surface area (Å²) < 4.78 is 11.3. The molecule has 2 saturated heterocycles. The molecule has 3 nitrogen and oxygen atoms in total. The fourth-order valence-electron chi connectivity index (χ4n) is 2.78. The Balaban J connectivity index is 1.83. The monoisotopic (exact) mass is 180 g/mol. The summed E-state index contributed by atoms with van der Waals surface area (Å²) in [6, 6.07) is 0. The molecule has 5 atom stereocenters. The molecule has 0 aromatic rings. The van der Waals surface area contributed by atoms with Crippen LogP contribution in [0.2, 0.25) is 0 Å². The van der Waals surface area contributed by atoms with Crippen molar-refractivity contribution in [1.29, 1.82) is 0 Å². The van der Waals surface area contributed by atoms with E-state index in [9.17, 15) is 4.79 Å². The van der Waals surface area contributed by atoms with Gasteiger partial charge < -0.3 is 14.3 Å². The molecule has 0 amide bonds. The molecule has 13 heavy (non-hydrogen) atoms. The summed E-state index contributed by atoms with van der Waals surface area (Å²) in [5, 5.41) is 0. The van der Waals surface area contributed by atoms with Gasteiger partial charge in [0.25, 0.3) is 0 Å². The maximum absolute atomic E-state index is 10.4. The van der Waals surface area contributed by atoms with Crippen molar-refractivity contribution < 1.29 is 14.3 Å². The fraction of sp³-hybridized carbons (Fsp3) is 0.700. The number of fused-ring (bicyclic) bond motifs is 5. The summed E-state index contributed by atoms with van der Waals surface area (Å²) >= 11 is 0. The molecule has 3 heterocycles. The summed E-state index contributed by atoms with van der Waals surface area (Å²) in [5.41, 5.74) is 0. The van der Waals surface area contributed by atoms with Crippen molar-refractivity contribution in [2.24, 2.45) is 11.8 Å². The van der Waals surface area contributed by atoms with E-state index >= 15 is 0 Å². The molecular weight excluding hydrogens is 168 g/mol. The molecule has 3 heteroatoms. The standard InChI is InChI=1S/C10H12O3/c11-4-3-8-10-6(5-12-8)7-1-2-9(10)13-7/h1-2,4,6-10H,3,5H2/t6-,7-,8-,9+,10+/m1/s1. The average Bonchev–Trinajstić information content (AvgIpc) is 2.74. The second kappa shape index (κ2) is 2.66. The molecule has 0 N–H and O–H groups in total. The zero-order valence-corrected chi connectivity index (χ0v) is 7.26. The number of carbonyl (C=O) groups excluding carboxylic acids is 1. The highest BCUT2D eigenvalue weighted by Crippen LogP contribution is 2.46. The van der Waals surface area contributed by atoms with Crippen molar-refractivity contribution in [3.8, 4) is 0 Å². The second-order valence-corrected chi connectivity index (χ2v) is 3.97. The van der Waals surface area contributed by atoms with Gasteiger partial charge in [0.05, 0.1) is 24.9 Å². The third-order valence-corrected chi connectivity index (χ3v) is 3.36. The minimum atomic E-state index is 0.0995. The Morgan fingerprint density at radius 1 is 1.38 bits per heavy atom. The normalized spacial score (nSPS) is 51.2. The third kappa shape index (κ3) is 0.944. The van der Waals surface area contributed by atoms with Crippen LogP contribution in [0.25, 0.3) is 0 Å². The summed E-state index contributed by atoms with van der Waals surface area (Å²) in [6.07, 6.45) is 6.26. The van der Waals surface area contributed by atoms with Gasteiger partial charge in [0.1, 0.15) is 6.29 Å². The Bertz CT molecular complexity index is 261. The lowest BCUT2D eigenvalue weighted by Gasteiger charge is -2.19. The van der Waals surface area contributed by atoms with Gasteiger partial charge in [-0.3, -0.25) is 0 Å². The Kier molecular flexibility index (Phi) is 1.58. The van der Waals surface area contributed by atoms with Gasteiger partial charge in [0.2, 0.25) is 0 Å². The maximum atomic E-state index is 10.4. The summed E-state index contributed by atoms with van der Waals surface area (Å²) in [5.74, 6) is 0.931. The zero-order valence-electron chi connectivity index (χ0n) is 7.26. The van der Waals surface area contributed by atoms with E-state index in [1.165, 1.54) is 0 Å². The predicted molar refractivity (Wildman–Crippen MR) is 45.2 cm³/mol. The molecule has 0 aliphatic carbocycles. The topological polar surface area (TPSA) is 35.5 Å². The highest BCUT2D eigenvalue weighted by molar-refractivity contribution is 5.50. The highest BCUT2D eigenvalue weighted by Gasteiger charge is 2.53. The van der Waals surface area contributed by atoms with E-state index in [1.807, 2.05) is 0 Å². The van der Waals surface area contributed by atoms with Crippen LogP contribution in [0.1, 0.15) is 6.42 Å². The molecule has 3 aliphatic heterocycles. The van der Waals surface area contributed by atoms with Crippen LogP contribution in [0.4, 0.5) is 0 Å². The minimum absolute atomic E-state index is 0.0995. The van der Waals surface area contributed by atoms with Crippen LogP contribution in [0.5, 0.6) is 0 Å². The minimum Gasteiger partial charge on any atom is -0.377 e. The molecule has 2 bridgehead atoms. The van der Waals surface area contributed by atoms with Crippen molar-refractivity contribution in [2.75, 3.05) is 6.61 Å². The van der Waals surface area contributed by atoms with Crippen LogP contribution in [-0.2, 0) is 14.3 Å². The lowest BCUT2D eigenvalue weighted by atomic mass is 9.81. The average molecular weight is 180 g/mol. The Morgan fingerprint density at radius 3 is 3.08 bits per heavy atom. The first kappa shape index (κ1) is 7.71. The van der Waals surface area contributed by atoms with Gasteiger partial charge in [-0.2, -0.15) is 0 Å². The van der Waals surface area contributed by atoms with Crippen LogP contribution in [0.15, 0.2) is 12.2 Å². The van der Waals surface area contributed by atoms with Gasteiger partial charge in [-0.25, -0.2) is 0 Å². The van der Waals surface area contributed by atoms with Crippen molar-refractivity contribution in [1.82, 2.24) is 0 Å². The van der Waals surface area contributed by atoms with Crippen molar-refractivity contribution in [3.05, 3.63) is 12.2 Å². The van der Waals surface area contributed by atoms with Crippen LogP contribution < -0.4 is 0 Å². The van der Waals surface area contributed by atoms with Gasteiger partial charge in [-0.15, -0.1) is 0 Å². The largest absolute Gasteiger partial charge is 0.377 e. The van der Waals surface area contributed by atoms with E-state index < -0.39 is 0 Å². The summed E-state index contributed by atoms with van der Waals surface area (Å²) in [7, 11) is 0. The molecular formula is C10H12O3. The first-order chi connectivity index (χ1) is 6.40. The zero-order chi connectivity index (χ0) is 8.84. The van der Waals surface area contributed by atoms with Crippen LogP contribution in [0, 0.1) is 11.8 Å². The fourth-order valence-corrected chi connectivity index (χ4v) is 2.78. The van der Waals surface area contributed by atoms with Crippen LogP contribution in [0.3, 0.4) is 0 Å². The number of aldehydes is 1. The van der Waals surface area contributed by atoms with E-state index in [4.69, 9.17) is 9.47 Å². The van der Waals surface area contributed by atoms with Crippen molar-refractivity contribution >= 4 is 6.29 Å². The number of carbonyl (C=O) groups is 1. The number of hydrogen-bond acceptors (Lipinski definition) is 3. The Morgan fingerprint density at radius 2 is 2.23 bits per heavy atom. The predicted octanol–water partition coefficient (Wildman–Crippen LogP) is 0.544. The molecule has 0 radical (unpaired) electrons. The first-order valence-electron chi connectivity index (χ1n) is 4.79. The maximum Gasteiger partial charge on any atom is 0.122 e. The van der Waals surface area contributed by atoms with Gasteiger partial charge in [0, 0.05) is 18.3 Å². The molecule has 2 fully saturated rings. The van der Waals surface area contributed by atoms with E-state index in [2.05, 4.69) is 12.2 Å². The Labute approximate surface area is 76.7 Å². The highest BCUT2D eigenvalue weighted by atomic mass is 16.5. The van der Waals surface area contributed by atoms with E-state index in [0.29, 0.717) is 18.3 Å². The lowest BCUT2D eigenvalue weighted by Crippen LogP contribution is -2.28. The molecule has 0 unspecified atom stereocenters. The summed E-state index contributed by atoms with van der Waals surface area (Å²) in [6.45, 7) is 0.759. The van der Waals surface area contributed by atoms with Gasteiger partial charge in [-0.1, -0.05) is 12.2 Å². The van der Waals surface area contributed by atoms with E-state index in [1.54, 1.807) is 0 Å². The number of rotatable bonds is 2. The van der Waals surface area contributed by atoms with Crippen molar-refractivity contribution in [3.63, 3.8) is 0 Å². The molecule has 70 valence electrons. The molecule has 0 aromatic heterocycles. The van der Waals surface area contributed by atoms with Gasteiger partial charge >= 0.3 is 0 Å². The molecule has 0 aromatic carbocycles. The van der Waals surface area contributed by atoms with Crippen molar-refractivity contribution in [2.45, 2.75) is 24.7 Å². The number of ether oxygens (including phenoxy) is 2. The third-order valence-electron chi connectivity index (χ3n) is 3.36. The quantitative estimate of drug-likeness (QED) is 0.459. The molecule has 3 rings (SSSR count). The molecule has 3 aliphatic rings. The number of hydrogen-bond donors (Lipinski definition) is 0. The van der Waals surface area contributed by atoms with Gasteiger partial charge in [-0.05, 0) is 0 Å². The van der Waals surface area contributed by atoms with E-state index in [-0.39, 0.29) is 18.3 Å². The van der Waals surface area contributed by atoms with E-state index in [0.717, 1.165) is 12.9 Å².